The fourth-order valence-corrected chi connectivity index (χ4v) is 16.1. The first-order valence-corrected chi connectivity index (χ1v) is 25.3. The first-order valence-electron chi connectivity index (χ1n) is 19.9. The van der Waals surface area contributed by atoms with Crippen molar-refractivity contribution in [2.24, 2.45) is 10.3 Å². The maximum Gasteiger partial charge on any atom is 0.482 e. The predicted molar refractivity (Wildman–Crippen MR) is 208 cm³/mol. The molecule has 3 unspecified atom stereocenters. The van der Waals surface area contributed by atoms with Gasteiger partial charge >= 0.3 is 27.4 Å². The summed E-state index contributed by atoms with van der Waals surface area (Å²) in [4.78, 5) is 13.1. The highest BCUT2D eigenvalue weighted by atomic mass is 28.5. The van der Waals surface area contributed by atoms with E-state index in [1.807, 2.05) is 0 Å². The molecule has 0 aromatic carbocycles. The average Bonchev–Trinajstić information content (AvgIpc) is 3.10. The summed E-state index contributed by atoms with van der Waals surface area (Å²) in [5, 5.41) is 6.57. The van der Waals surface area contributed by atoms with E-state index in [-0.39, 0.29) is 0 Å². The summed E-state index contributed by atoms with van der Waals surface area (Å²) in [6.45, 7) is 3.34. The molecule has 284 valence electrons. The van der Waals surface area contributed by atoms with Gasteiger partial charge in [-0.25, -0.2) is 0 Å². The number of hydrogen-bond donors (Lipinski definition) is 0. The predicted octanol–water partition coefficient (Wildman–Crippen LogP) is 11.6. The molecule has 0 saturated heterocycles. The Morgan fingerprint density at radius 1 is 0.542 bits per heavy atom. The van der Waals surface area contributed by atoms with Gasteiger partial charge in [-0.15, -0.1) is 0 Å². The summed E-state index contributed by atoms with van der Waals surface area (Å²) in [5.41, 5.74) is 8.36. The normalized spacial score (nSPS) is 14.0. The third-order valence-electron chi connectivity index (χ3n) is 9.25. The smallest absolute Gasteiger partial charge is 0.400 e. The van der Waals surface area contributed by atoms with Crippen LogP contribution in [0.4, 0.5) is 0 Å². The summed E-state index contributed by atoms with van der Waals surface area (Å²) in [6.07, 6.45) is 31.6. The van der Waals surface area contributed by atoms with Crippen LogP contribution in [-0.4, -0.2) is 61.8 Å². The van der Waals surface area contributed by atoms with Gasteiger partial charge in [-0.1, -0.05) is 165 Å². The van der Waals surface area contributed by atoms with E-state index in [4.69, 9.17) is 27.0 Å². The van der Waals surface area contributed by atoms with Crippen LogP contribution < -0.4 is 0 Å². The molecule has 0 amide bonds. The lowest BCUT2D eigenvalue weighted by molar-refractivity contribution is 0.161. The molecule has 3 atom stereocenters. The summed E-state index contributed by atoms with van der Waals surface area (Å²) in [5.74, 6) is 0. The van der Waals surface area contributed by atoms with Gasteiger partial charge in [0.2, 0.25) is 0 Å². The Morgan fingerprint density at radius 3 is 1.29 bits per heavy atom. The second-order valence-corrected chi connectivity index (χ2v) is 21.4. The molecular formula is C35H76N4O6Si3. The topological polar surface area (TPSA) is 124 Å². The van der Waals surface area contributed by atoms with E-state index in [2.05, 4.69) is 22.1 Å². The number of rotatable bonds is 40. The van der Waals surface area contributed by atoms with E-state index < -0.39 is 27.4 Å². The molecule has 13 heteroatoms. The third kappa shape index (κ3) is 30.2. The Balaban J connectivity index is 4.78. The largest absolute Gasteiger partial charge is 0.482 e. The first-order chi connectivity index (χ1) is 23.6. The molecule has 48 heavy (non-hydrogen) atoms. The lowest BCUT2D eigenvalue weighted by Crippen LogP contribution is -2.53. The van der Waals surface area contributed by atoms with Crippen LogP contribution in [0.3, 0.4) is 0 Å². The molecule has 0 fully saturated rings. The molecule has 0 aromatic heterocycles. The van der Waals surface area contributed by atoms with Gasteiger partial charge in [0.1, 0.15) is 0 Å². The van der Waals surface area contributed by atoms with Gasteiger partial charge in [0.05, 0.1) is 6.54 Å². The van der Waals surface area contributed by atoms with Gasteiger partial charge in [-0.05, 0) is 36.9 Å². The monoisotopic (exact) mass is 733 g/mol. The van der Waals surface area contributed by atoms with E-state index in [1.165, 1.54) is 116 Å². The Morgan fingerprint density at radius 2 is 0.917 bits per heavy atom. The Hall–Kier alpha value is -0.639. The molecule has 0 radical (unpaired) electrons. The highest BCUT2D eigenvalue weighted by molar-refractivity contribution is 6.74. The summed E-state index contributed by atoms with van der Waals surface area (Å²) >= 11 is 0. The van der Waals surface area contributed by atoms with Crippen molar-refractivity contribution >= 4 is 27.4 Å². The maximum absolute atomic E-state index is 10.3. The average molecular weight is 733 g/mol. The van der Waals surface area contributed by atoms with E-state index in [9.17, 15) is 4.91 Å². The van der Waals surface area contributed by atoms with Crippen molar-refractivity contribution in [3.05, 3.63) is 15.3 Å². The van der Waals surface area contributed by atoms with Crippen LogP contribution >= 0.6 is 0 Å². The van der Waals surface area contributed by atoms with Crippen molar-refractivity contribution in [3.63, 3.8) is 0 Å². The van der Waals surface area contributed by atoms with Crippen LogP contribution in [0.2, 0.25) is 18.1 Å². The Labute approximate surface area is 300 Å². The minimum atomic E-state index is -2.92. The maximum atomic E-state index is 10.3. The van der Waals surface area contributed by atoms with Crippen LogP contribution in [0.5, 0.6) is 0 Å². The van der Waals surface area contributed by atoms with Gasteiger partial charge in [-0.3, -0.25) is 0 Å². The number of azide groups is 1. The number of unbranched alkanes of at least 4 members (excludes halogenated alkanes) is 23. The summed E-state index contributed by atoms with van der Waals surface area (Å²) in [6, 6.07) is 2.81. The third-order valence-corrected chi connectivity index (χ3v) is 18.6. The molecule has 0 aliphatic rings. The standard InChI is InChI=1S/C35H76N4O6Si3/c1-5-6-7-8-9-13-18-23-28-33-46(41-2)44-48(43-4,35-30-25-20-15-12-17-22-27-32-38-40)45-47(42-3)34-29-24-19-14-10-11-16-21-26-31-37-39-36/h46-47H,5-35H2,1-4H3. The van der Waals surface area contributed by atoms with E-state index in [0.717, 1.165) is 69.5 Å². The van der Waals surface area contributed by atoms with Crippen molar-refractivity contribution in [2.75, 3.05) is 34.4 Å². The second kappa shape index (κ2) is 37.6. The highest BCUT2D eigenvalue weighted by Crippen LogP contribution is 2.26. The van der Waals surface area contributed by atoms with Gasteiger partial charge in [0.25, 0.3) is 0 Å². The molecule has 0 saturated carbocycles. The van der Waals surface area contributed by atoms with Crippen LogP contribution in [0.1, 0.15) is 174 Å². The number of hydrogen-bond acceptors (Lipinski definition) is 8. The minimum absolute atomic E-state index is 0.448. The number of nitroso groups, excluding NO2 is 1. The zero-order chi connectivity index (χ0) is 35.2. The summed E-state index contributed by atoms with van der Waals surface area (Å²) < 4.78 is 31.9. The highest BCUT2D eigenvalue weighted by Gasteiger charge is 2.44. The lowest BCUT2D eigenvalue weighted by Gasteiger charge is -2.34. The molecule has 0 aliphatic heterocycles. The van der Waals surface area contributed by atoms with Gasteiger partial charge in [-0.2, -0.15) is 4.91 Å². The van der Waals surface area contributed by atoms with Crippen LogP contribution in [0.15, 0.2) is 10.3 Å². The van der Waals surface area contributed by atoms with Crippen LogP contribution in [0.25, 0.3) is 10.4 Å². The van der Waals surface area contributed by atoms with Gasteiger partial charge < -0.3 is 21.5 Å². The van der Waals surface area contributed by atoms with Crippen LogP contribution in [-0.2, 0) is 21.5 Å². The zero-order valence-electron chi connectivity index (χ0n) is 31.8. The second-order valence-electron chi connectivity index (χ2n) is 13.4. The molecule has 0 aromatic rings. The van der Waals surface area contributed by atoms with Crippen molar-refractivity contribution in [3.8, 4) is 0 Å². The van der Waals surface area contributed by atoms with Crippen LogP contribution in [0, 0.1) is 4.91 Å². The molecule has 0 bridgehead atoms. The molecule has 10 nitrogen and oxygen atoms in total. The molecule has 0 aliphatic carbocycles. The van der Waals surface area contributed by atoms with E-state index >= 15 is 0 Å². The van der Waals surface area contributed by atoms with Gasteiger partial charge in [0, 0.05) is 38.8 Å². The number of nitrogens with zero attached hydrogens (tertiary/aromatic N) is 4. The quantitative estimate of drug-likeness (QED) is 0.0154. The first kappa shape index (κ1) is 47.4. The van der Waals surface area contributed by atoms with E-state index in [0.29, 0.717) is 13.1 Å². The summed E-state index contributed by atoms with van der Waals surface area (Å²) in [7, 11) is -1.39. The lowest BCUT2D eigenvalue weighted by atomic mass is 10.1. The Kier molecular flexibility index (Phi) is 37.1. The molecule has 0 rings (SSSR count). The fourth-order valence-electron chi connectivity index (χ4n) is 6.17. The molecule has 0 spiro atoms. The van der Waals surface area contributed by atoms with Crippen molar-refractivity contribution < 1.29 is 21.5 Å². The van der Waals surface area contributed by atoms with Crippen molar-refractivity contribution in [1.82, 2.24) is 0 Å². The molecular weight excluding hydrogens is 657 g/mol. The van der Waals surface area contributed by atoms with Crippen molar-refractivity contribution in [2.45, 2.75) is 192 Å². The molecule has 0 N–H and O–H groups in total. The minimum Gasteiger partial charge on any atom is -0.400 e. The Bertz CT molecular complexity index is 742. The fraction of sp³-hybridized carbons (Fsp3) is 1.00. The molecule has 0 heterocycles. The van der Waals surface area contributed by atoms with Crippen molar-refractivity contribution in [1.29, 1.82) is 0 Å². The van der Waals surface area contributed by atoms with E-state index in [1.54, 1.807) is 21.3 Å². The SMILES string of the molecule is CCCCCCCCCCC[SiH](OC)O[Si](CCCCCCCCCCN=O)(OC)O[SiH](CCCCCCCCCCCN=[N+]=[N-])OC. The van der Waals surface area contributed by atoms with Gasteiger partial charge in [0.15, 0.2) is 0 Å². The zero-order valence-corrected chi connectivity index (χ0v) is 35.1.